The molecule has 9 atom stereocenters. The topological polar surface area (TPSA) is 100 Å². The standard InChI is InChI=1S/C31H41N3O3/c1-27(2)22-8-10-30(5)23(29(22,4)15-19(16-32)25(27)36)14-21(35)24-20-13-18(26-34-33-17-37-26)7-9-28(20,3)11-12-31(24,30)6/h14-15,17-18,20,22,24-25,36H,7-13H2,1-6H3/t18?,20-,22-,24-,25?,28+,29-,30+,31+/m0/s1. The molecule has 0 amide bonds. The highest BCUT2D eigenvalue weighted by molar-refractivity contribution is 5.95. The summed E-state index contributed by atoms with van der Waals surface area (Å²) in [7, 11) is 0. The summed E-state index contributed by atoms with van der Waals surface area (Å²) in [6.07, 6.45) is 11.8. The van der Waals surface area contributed by atoms with Gasteiger partial charge in [-0.1, -0.05) is 53.2 Å². The van der Waals surface area contributed by atoms with Crippen LogP contribution < -0.4 is 0 Å². The monoisotopic (exact) mass is 503 g/mol. The van der Waals surface area contributed by atoms with E-state index in [1.165, 1.54) is 12.0 Å². The highest BCUT2D eigenvalue weighted by Crippen LogP contribution is 2.74. The molecule has 0 aliphatic heterocycles. The number of allylic oxidation sites excluding steroid dienone is 3. The molecule has 6 nitrogen and oxygen atoms in total. The van der Waals surface area contributed by atoms with Gasteiger partial charge in [-0.3, -0.25) is 4.79 Å². The number of ketones is 1. The van der Waals surface area contributed by atoms with E-state index in [9.17, 15) is 15.2 Å². The Morgan fingerprint density at radius 1 is 1.08 bits per heavy atom. The van der Waals surface area contributed by atoms with Gasteiger partial charge >= 0.3 is 0 Å². The molecule has 6 heteroatoms. The minimum absolute atomic E-state index is 0.0347. The fourth-order valence-electron chi connectivity index (χ4n) is 10.3. The van der Waals surface area contributed by atoms with Gasteiger partial charge in [0.25, 0.3) is 0 Å². The maximum atomic E-state index is 14.4. The molecule has 5 aliphatic carbocycles. The molecular formula is C31H41N3O3. The Morgan fingerprint density at radius 2 is 1.84 bits per heavy atom. The summed E-state index contributed by atoms with van der Waals surface area (Å²) >= 11 is 0. The molecule has 1 aromatic heterocycles. The van der Waals surface area contributed by atoms with Gasteiger partial charge in [0.1, 0.15) is 0 Å². The lowest BCUT2D eigenvalue weighted by Crippen LogP contribution is -2.64. The van der Waals surface area contributed by atoms with Crippen LogP contribution in [0.15, 0.2) is 34.1 Å². The number of carbonyl (C=O) groups excluding carboxylic acids is 1. The van der Waals surface area contributed by atoms with Gasteiger partial charge in [-0.2, -0.15) is 5.26 Å². The first-order valence-corrected chi connectivity index (χ1v) is 14.2. The van der Waals surface area contributed by atoms with Gasteiger partial charge in [0.05, 0.1) is 17.7 Å². The van der Waals surface area contributed by atoms with Crippen molar-refractivity contribution in [3.8, 4) is 6.07 Å². The zero-order valence-corrected chi connectivity index (χ0v) is 23.2. The van der Waals surface area contributed by atoms with Gasteiger partial charge in [0, 0.05) is 17.3 Å². The number of aromatic nitrogens is 2. The van der Waals surface area contributed by atoms with Crippen LogP contribution in [0.25, 0.3) is 0 Å². The number of rotatable bonds is 1. The van der Waals surface area contributed by atoms with E-state index in [4.69, 9.17) is 4.42 Å². The van der Waals surface area contributed by atoms with Crippen molar-refractivity contribution in [3.05, 3.63) is 35.6 Å². The van der Waals surface area contributed by atoms with Gasteiger partial charge in [-0.05, 0) is 84.5 Å². The molecule has 0 aromatic carbocycles. The third-order valence-electron chi connectivity index (χ3n) is 12.7. The smallest absolute Gasteiger partial charge is 0.219 e. The number of nitrogens with zero attached hydrogens (tertiary/aromatic N) is 3. The quantitative estimate of drug-likeness (QED) is 0.493. The first-order chi connectivity index (χ1) is 17.3. The number of aliphatic hydroxyl groups is 1. The first-order valence-electron chi connectivity index (χ1n) is 14.2. The van der Waals surface area contributed by atoms with Crippen molar-refractivity contribution in [1.82, 2.24) is 10.2 Å². The van der Waals surface area contributed by atoms with Crippen LogP contribution in [0, 0.1) is 56.2 Å². The van der Waals surface area contributed by atoms with Crippen LogP contribution in [0.2, 0.25) is 0 Å². The Hall–Kier alpha value is -2.26. The Kier molecular flexibility index (Phi) is 5.18. The van der Waals surface area contributed by atoms with Crippen LogP contribution in [0.4, 0.5) is 0 Å². The second-order valence-electron chi connectivity index (χ2n) is 14.5. The van der Waals surface area contributed by atoms with Gasteiger partial charge in [-0.15, -0.1) is 10.2 Å². The SMILES string of the molecule is CC1(C)C(O)C(C#N)=C[C@]2(C)C3=CC(=O)[C@@H]4[C@@H]5CC(c6nnco6)CC[C@]5(C)CC[C@@]4(C)[C@]3(C)CC[C@@H]12. The molecule has 2 unspecified atom stereocenters. The first kappa shape index (κ1) is 25.0. The summed E-state index contributed by atoms with van der Waals surface area (Å²) in [5.41, 5.74) is 0.604. The van der Waals surface area contributed by atoms with Crippen LogP contribution in [0.1, 0.15) is 98.3 Å². The molecule has 1 N–H and O–H groups in total. The van der Waals surface area contributed by atoms with Gasteiger partial charge in [0.15, 0.2) is 5.78 Å². The number of aliphatic hydroxyl groups excluding tert-OH is 1. The highest BCUT2D eigenvalue weighted by atomic mass is 16.4. The fraction of sp³-hybridized carbons (Fsp3) is 0.742. The molecule has 1 heterocycles. The Bertz CT molecular complexity index is 1240. The lowest BCUT2D eigenvalue weighted by atomic mass is 9.34. The maximum absolute atomic E-state index is 14.4. The molecule has 6 rings (SSSR count). The molecule has 3 fully saturated rings. The van der Waals surface area contributed by atoms with Crippen LogP contribution in [-0.4, -0.2) is 27.2 Å². The number of hydrogen-bond acceptors (Lipinski definition) is 6. The van der Waals surface area contributed by atoms with Gasteiger partial charge in [0.2, 0.25) is 12.3 Å². The zero-order chi connectivity index (χ0) is 26.6. The summed E-state index contributed by atoms with van der Waals surface area (Å²) in [4.78, 5) is 14.4. The van der Waals surface area contributed by atoms with Gasteiger partial charge in [-0.25, -0.2) is 0 Å². The minimum atomic E-state index is -0.776. The predicted molar refractivity (Wildman–Crippen MR) is 139 cm³/mol. The third-order valence-corrected chi connectivity index (χ3v) is 12.7. The second-order valence-corrected chi connectivity index (χ2v) is 14.5. The van der Waals surface area contributed by atoms with Crippen molar-refractivity contribution in [2.24, 2.45) is 44.8 Å². The van der Waals surface area contributed by atoms with Crippen molar-refractivity contribution in [2.45, 2.75) is 98.5 Å². The predicted octanol–water partition coefficient (Wildman–Crippen LogP) is 6.16. The summed E-state index contributed by atoms with van der Waals surface area (Å²) < 4.78 is 5.63. The molecule has 0 saturated heterocycles. The van der Waals surface area contributed by atoms with E-state index in [2.05, 4.69) is 57.8 Å². The van der Waals surface area contributed by atoms with Gasteiger partial charge < -0.3 is 9.52 Å². The molecule has 3 saturated carbocycles. The zero-order valence-electron chi connectivity index (χ0n) is 23.2. The lowest BCUT2D eigenvalue weighted by Gasteiger charge is -2.69. The second kappa shape index (κ2) is 7.65. The molecule has 37 heavy (non-hydrogen) atoms. The summed E-state index contributed by atoms with van der Waals surface area (Å²) in [6.45, 7) is 13.6. The Balaban J connectivity index is 1.47. The fourth-order valence-corrected chi connectivity index (χ4v) is 10.3. The summed E-state index contributed by atoms with van der Waals surface area (Å²) in [5.74, 6) is 1.60. The van der Waals surface area contributed by atoms with Crippen LogP contribution >= 0.6 is 0 Å². The average molecular weight is 504 g/mol. The molecule has 0 bridgehead atoms. The van der Waals surface area contributed by atoms with Crippen LogP contribution in [-0.2, 0) is 4.79 Å². The third kappa shape index (κ3) is 3.04. The van der Waals surface area contributed by atoms with E-state index in [0.29, 0.717) is 11.5 Å². The maximum Gasteiger partial charge on any atom is 0.219 e. The van der Waals surface area contributed by atoms with Crippen molar-refractivity contribution in [3.63, 3.8) is 0 Å². The van der Waals surface area contributed by atoms with Crippen molar-refractivity contribution >= 4 is 5.78 Å². The van der Waals surface area contributed by atoms with E-state index in [0.717, 1.165) is 44.9 Å². The van der Waals surface area contributed by atoms with E-state index in [-0.39, 0.29) is 45.7 Å². The van der Waals surface area contributed by atoms with E-state index < -0.39 is 16.9 Å². The average Bonchev–Trinajstić information content (AvgIpc) is 3.38. The molecule has 5 aliphatic rings. The minimum Gasteiger partial charge on any atom is -0.428 e. The number of nitriles is 1. The summed E-state index contributed by atoms with van der Waals surface area (Å²) in [6, 6.07) is 2.29. The molecule has 0 spiro atoms. The van der Waals surface area contributed by atoms with E-state index in [1.807, 2.05) is 12.2 Å². The molecule has 0 radical (unpaired) electrons. The lowest BCUT2D eigenvalue weighted by molar-refractivity contribution is -0.164. The number of fused-ring (bicyclic) bond motifs is 7. The van der Waals surface area contributed by atoms with E-state index in [1.54, 1.807) is 0 Å². The van der Waals surface area contributed by atoms with Crippen molar-refractivity contribution < 1.29 is 14.3 Å². The van der Waals surface area contributed by atoms with Crippen LogP contribution in [0.3, 0.4) is 0 Å². The Morgan fingerprint density at radius 3 is 2.51 bits per heavy atom. The highest BCUT2D eigenvalue weighted by Gasteiger charge is 2.69. The van der Waals surface area contributed by atoms with Crippen LogP contribution in [0.5, 0.6) is 0 Å². The Labute approximate surface area is 220 Å². The van der Waals surface area contributed by atoms with Crippen molar-refractivity contribution in [1.29, 1.82) is 5.26 Å². The number of carbonyl (C=O) groups is 1. The number of hydrogen-bond donors (Lipinski definition) is 1. The molecule has 198 valence electrons. The normalized spacial score (nSPS) is 48.4. The van der Waals surface area contributed by atoms with Crippen molar-refractivity contribution in [2.75, 3.05) is 0 Å². The largest absolute Gasteiger partial charge is 0.428 e. The summed E-state index contributed by atoms with van der Waals surface area (Å²) in [5, 5.41) is 29.2. The molecular weight excluding hydrogens is 462 g/mol. The van der Waals surface area contributed by atoms with E-state index >= 15 is 0 Å². The molecule has 1 aromatic rings.